The normalized spacial score (nSPS) is 17.5. The molecule has 1 amide bonds. The maximum absolute atomic E-state index is 12.8. The van der Waals surface area contributed by atoms with Crippen LogP contribution in [0.15, 0.2) is 23.1 Å². The molecule has 1 aliphatic heterocycles. The maximum atomic E-state index is 12.8. The average Bonchev–Trinajstić information content (AvgIpc) is 2.99. The lowest BCUT2D eigenvalue weighted by atomic mass is 10.1. The van der Waals surface area contributed by atoms with E-state index >= 15 is 0 Å². The highest BCUT2D eigenvalue weighted by molar-refractivity contribution is 7.89. The number of carbonyl (C=O) groups is 2. The molecule has 1 atom stereocenters. The minimum Gasteiger partial charge on any atom is -0.495 e. The van der Waals surface area contributed by atoms with Crippen LogP contribution in [-0.2, 0) is 14.8 Å². The van der Waals surface area contributed by atoms with Gasteiger partial charge < -0.3 is 14.7 Å². The first kappa shape index (κ1) is 20.2. The monoisotopic (exact) mass is 384 g/mol. The molecule has 2 N–H and O–H groups in total. The van der Waals surface area contributed by atoms with Crippen LogP contribution in [0.25, 0.3) is 0 Å². The molecule has 1 fully saturated rings. The number of hydrogen-bond acceptors (Lipinski definition) is 5. The molecule has 1 aliphatic rings. The molecule has 0 aromatic heterocycles. The third kappa shape index (κ3) is 4.53. The number of sulfonamides is 1. The zero-order valence-electron chi connectivity index (χ0n) is 15.1. The van der Waals surface area contributed by atoms with Gasteiger partial charge in [-0.1, -0.05) is 0 Å². The summed E-state index contributed by atoms with van der Waals surface area (Å²) in [6.07, 6.45) is 1.22. The summed E-state index contributed by atoms with van der Waals surface area (Å²) < 4.78 is 32.7. The van der Waals surface area contributed by atoms with Gasteiger partial charge in [-0.3, -0.25) is 9.59 Å². The highest BCUT2D eigenvalue weighted by Crippen LogP contribution is 2.28. The van der Waals surface area contributed by atoms with Crippen molar-refractivity contribution in [2.75, 3.05) is 13.7 Å². The first-order valence-corrected chi connectivity index (χ1v) is 9.87. The highest BCUT2D eigenvalue weighted by Gasteiger charge is 2.32. The number of hydrogen-bond donors (Lipinski definition) is 2. The number of carboxylic acids is 1. The van der Waals surface area contributed by atoms with Gasteiger partial charge in [0.25, 0.3) is 5.91 Å². The second kappa shape index (κ2) is 8.05. The Hall–Kier alpha value is -2.13. The molecule has 0 aliphatic carbocycles. The summed E-state index contributed by atoms with van der Waals surface area (Å²) in [5, 5.41) is 9.00. The predicted octanol–water partition coefficient (Wildman–Crippen LogP) is 1.46. The molecule has 8 nitrogen and oxygen atoms in total. The fourth-order valence-electron chi connectivity index (χ4n) is 3.08. The van der Waals surface area contributed by atoms with Crippen molar-refractivity contribution in [1.82, 2.24) is 9.62 Å². The van der Waals surface area contributed by atoms with Gasteiger partial charge in [-0.15, -0.1) is 0 Å². The van der Waals surface area contributed by atoms with E-state index in [9.17, 15) is 18.0 Å². The van der Waals surface area contributed by atoms with E-state index < -0.39 is 16.0 Å². The SMILES string of the molecule is COc1ccc(C(=O)N2CCCC2CC(=O)O)cc1S(=O)(=O)NC(C)C. The molecule has 1 aromatic carbocycles. The predicted molar refractivity (Wildman–Crippen MR) is 94.8 cm³/mol. The summed E-state index contributed by atoms with van der Waals surface area (Å²) in [7, 11) is -2.50. The molecular weight excluding hydrogens is 360 g/mol. The number of benzene rings is 1. The van der Waals surface area contributed by atoms with Crippen LogP contribution in [0.2, 0.25) is 0 Å². The lowest BCUT2D eigenvalue weighted by Crippen LogP contribution is -2.37. The quantitative estimate of drug-likeness (QED) is 0.736. The molecule has 144 valence electrons. The molecule has 9 heteroatoms. The van der Waals surface area contributed by atoms with Crippen molar-refractivity contribution in [2.24, 2.45) is 0 Å². The van der Waals surface area contributed by atoms with Gasteiger partial charge in [0, 0.05) is 24.2 Å². The minimum absolute atomic E-state index is 0.117. The van der Waals surface area contributed by atoms with E-state index in [1.165, 1.54) is 30.2 Å². The zero-order chi connectivity index (χ0) is 19.5. The number of carbonyl (C=O) groups excluding carboxylic acids is 1. The van der Waals surface area contributed by atoms with E-state index in [4.69, 9.17) is 9.84 Å². The Bertz CT molecular complexity index is 790. The Morgan fingerprint density at radius 3 is 2.65 bits per heavy atom. The summed E-state index contributed by atoms with van der Waals surface area (Å²) >= 11 is 0. The van der Waals surface area contributed by atoms with Crippen LogP contribution in [0.3, 0.4) is 0 Å². The van der Waals surface area contributed by atoms with E-state index in [0.717, 1.165) is 6.42 Å². The Morgan fingerprint density at radius 2 is 2.08 bits per heavy atom. The molecule has 1 saturated heterocycles. The summed E-state index contributed by atoms with van der Waals surface area (Å²) in [6, 6.07) is 3.51. The molecule has 1 heterocycles. The number of aliphatic carboxylic acids is 1. The number of nitrogens with one attached hydrogen (secondary N) is 1. The van der Waals surface area contributed by atoms with Gasteiger partial charge in [-0.25, -0.2) is 13.1 Å². The maximum Gasteiger partial charge on any atom is 0.305 e. The fraction of sp³-hybridized carbons (Fsp3) is 0.529. The smallest absolute Gasteiger partial charge is 0.305 e. The van der Waals surface area contributed by atoms with Crippen LogP contribution in [-0.4, -0.2) is 56.0 Å². The number of methoxy groups -OCH3 is 1. The molecule has 0 spiro atoms. The zero-order valence-corrected chi connectivity index (χ0v) is 15.9. The second-order valence-corrected chi connectivity index (χ2v) is 8.22. The second-order valence-electron chi connectivity index (χ2n) is 6.53. The number of rotatable bonds is 7. The number of amides is 1. The Labute approximate surface area is 153 Å². The van der Waals surface area contributed by atoms with Gasteiger partial charge in [0.15, 0.2) is 0 Å². The number of ether oxygens (including phenoxy) is 1. The first-order valence-electron chi connectivity index (χ1n) is 8.39. The molecule has 26 heavy (non-hydrogen) atoms. The van der Waals surface area contributed by atoms with Crippen LogP contribution < -0.4 is 9.46 Å². The lowest BCUT2D eigenvalue weighted by molar-refractivity contribution is -0.137. The largest absolute Gasteiger partial charge is 0.495 e. The number of nitrogens with zero attached hydrogens (tertiary/aromatic N) is 1. The van der Waals surface area contributed by atoms with Crippen LogP contribution in [0, 0.1) is 0 Å². The molecule has 0 radical (unpaired) electrons. The summed E-state index contributed by atoms with van der Waals surface area (Å²) in [6.45, 7) is 3.84. The van der Waals surface area contributed by atoms with Crippen molar-refractivity contribution in [3.8, 4) is 5.75 Å². The Kier molecular flexibility index (Phi) is 6.25. The van der Waals surface area contributed by atoms with Crippen molar-refractivity contribution in [3.05, 3.63) is 23.8 Å². The summed E-state index contributed by atoms with van der Waals surface area (Å²) in [5.74, 6) is -1.20. The van der Waals surface area contributed by atoms with E-state index in [2.05, 4.69) is 4.72 Å². The third-order valence-electron chi connectivity index (χ3n) is 4.14. The van der Waals surface area contributed by atoms with E-state index in [0.29, 0.717) is 13.0 Å². The lowest BCUT2D eigenvalue weighted by Gasteiger charge is -2.24. The topological polar surface area (TPSA) is 113 Å². The van der Waals surface area contributed by atoms with E-state index in [-0.39, 0.29) is 40.6 Å². The van der Waals surface area contributed by atoms with Crippen LogP contribution in [0.5, 0.6) is 5.75 Å². The van der Waals surface area contributed by atoms with Gasteiger partial charge in [0.2, 0.25) is 10.0 Å². The van der Waals surface area contributed by atoms with Crippen LogP contribution in [0.4, 0.5) is 0 Å². The Morgan fingerprint density at radius 1 is 1.38 bits per heavy atom. The molecule has 0 saturated carbocycles. The van der Waals surface area contributed by atoms with Crippen molar-refractivity contribution in [2.45, 2.75) is 50.1 Å². The van der Waals surface area contributed by atoms with Gasteiger partial charge in [-0.05, 0) is 44.9 Å². The molecule has 2 rings (SSSR count). The summed E-state index contributed by atoms with van der Waals surface area (Å²) in [5.41, 5.74) is 0.187. The van der Waals surface area contributed by atoms with Crippen molar-refractivity contribution in [3.63, 3.8) is 0 Å². The third-order valence-corrected chi connectivity index (χ3v) is 5.82. The average molecular weight is 384 g/mol. The molecule has 1 unspecified atom stereocenters. The number of likely N-dealkylation sites (tertiary alicyclic amines) is 1. The van der Waals surface area contributed by atoms with Crippen molar-refractivity contribution >= 4 is 21.9 Å². The highest BCUT2D eigenvalue weighted by atomic mass is 32.2. The van der Waals surface area contributed by atoms with Crippen LogP contribution in [0.1, 0.15) is 43.5 Å². The molecule has 0 bridgehead atoms. The number of carboxylic acid groups (broad SMARTS) is 1. The molecular formula is C17H24N2O6S. The fourth-order valence-corrected chi connectivity index (χ4v) is 4.52. The van der Waals surface area contributed by atoms with Gasteiger partial charge >= 0.3 is 5.97 Å². The van der Waals surface area contributed by atoms with Crippen LogP contribution >= 0.6 is 0 Å². The van der Waals surface area contributed by atoms with Gasteiger partial charge in [0.05, 0.1) is 13.5 Å². The van der Waals surface area contributed by atoms with Crippen molar-refractivity contribution in [1.29, 1.82) is 0 Å². The van der Waals surface area contributed by atoms with E-state index in [1.54, 1.807) is 13.8 Å². The van der Waals surface area contributed by atoms with E-state index in [1.807, 2.05) is 0 Å². The minimum atomic E-state index is -3.85. The van der Waals surface area contributed by atoms with Gasteiger partial charge in [-0.2, -0.15) is 0 Å². The Balaban J connectivity index is 2.37. The standard InChI is InChI=1S/C17H24N2O6S/c1-11(2)18-26(23,24)15-9-12(6-7-14(15)25-3)17(22)19-8-4-5-13(19)10-16(20)21/h6-7,9,11,13,18H,4-5,8,10H2,1-3H3,(H,20,21). The van der Waals surface area contributed by atoms with Gasteiger partial charge in [0.1, 0.15) is 10.6 Å². The summed E-state index contributed by atoms with van der Waals surface area (Å²) in [4.78, 5) is 25.2. The molecule has 1 aromatic rings. The first-order chi connectivity index (χ1) is 12.2. The van der Waals surface area contributed by atoms with Crippen molar-refractivity contribution < 1.29 is 27.9 Å².